The van der Waals surface area contributed by atoms with Gasteiger partial charge in [0.15, 0.2) is 0 Å². The van der Waals surface area contributed by atoms with Crippen LogP contribution in [0.2, 0.25) is 0 Å². The quantitative estimate of drug-likeness (QED) is 0.556. The predicted molar refractivity (Wildman–Crippen MR) is 55.8 cm³/mol. The van der Waals surface area contributed by atoms with Gasteiger partial charge < -0.3 is 4.74 Å². The number of carbonyl (C=O) groups excluding carboxylic acids is 1. The fourth-order valence-electron chi connectivity index (χ4n) is 4.59. The average Bonchev–Trinajstić information content (AvgIpc) is 2.15. The average molecular weight is 209 g/mol. The maximum atomic E-state index is 12.0. The van der Waals surface area contributed by atoms with Crippen LogP contribution in [0.25, 0.3) is 0 Å². The highest BCUT2D eigenvalue weighted by Crippen LogP contribution is 2.60. The van der Waals surface area contributed by atoms with Crippen molar-refractivity contribution in [3.8, 4) is 0 Å². The van der Waals surface area contributed by atoms with Crippen LogP contribution in [0.4, 0.5) is 0 Å². The van der Waals surface area contributed by atoms with Gasteiger partial charge >= 0.3 is 5.97 Å². The van der Waals surface area contributed by atoms with Crippen molar-refractivity contribution in [2.24, 2.45) is 28.9 Å². The molecule has 4 saturated carbocycles. The van der Waals surface area contributed by atoms with Crippen LogP contribution in [0.3, 0.4) is 0 Å². The van der Waals surface area contributed by atoms with E-state index >= 15 is 0 Å². The Bertz CT molecular complexity index is 252. The standard InChI is InChI=1S/C12H19NO2/c13-7-15-11(14)12-4-8-1-9(5-12)3-10(2-8)6-12/h8-10H,1-7,13H2. The normalized spacial score (nSPS) is 46.9. The molecule has 0 aromatic carbocycles. The molecule has 84 valence electrons. The molecule has 0 unspecified atom stereocenters. The molecule has 15 heavy (non-hydrogen) atoms. The van der Waals surface area contributed by atoms with Gasteiger partial charge in [-0.3, -0.25) is 10.5 Å². The number of esters is 1. The molecule has 0 spiro atoms. The first-order valence-corrected chi connectivity index (χ1v) is 6.09. The lowest BCUT2D eigenvalue weighted by atomic mass is 9.49. The summed E-state index contributed by atoms with van der Waals surface area (Å²) in [6.45, 7) is 0.0422. The van der Waals surface area contributed by atoms with E-state index in [1.807, 2.05) is 0 Å². The molecule has 0 aromatic heterocycles. The Labute approximate surface area is 90.4 Å². The SMILES string of the molecule is NCOC(=O)C12CC3CC(CC(C3)C1)C2. The van der Waals surface area contributed by atoms with E-state index in [4.69, 9.17) is 10.5 Å². The monoisotopic (exact) mass is 209 g/mol. The van der Waals surface area contributed by atoms with Gasteiger partial charge in [-0.15, -0.1) is 0 Å². The molecular weight excluding hydrogens is 190 g/mol. The van der Waals surface area contributed by atoms with E-state index < -0.39 is 0 Å². The Morgan fingerprint density at radius 2 is 1.60 bits per heavy atom. The first-order valence-electron chi connectivity index (χ1n) is 6.09. The van der Waals surface area contributed by atoms with Crippen molar-refractivity contribution < 1.29 is 9.53 Å². The highest BCUT2D eigenvalue weighted by molar-refractivity contribution is 5.77. The summed E-state index contributed by atoms with van der Waals surface area (Å²) in [5.41, 5.74) is 5.17. The van der Waals surface area contributed by atoms with E-state index in [9.17, 15) is 4.79 Å². The Morgan fingerprint density at radius 3 is 2.00 bits per heavy atom. The molecule has 2 N–H and O–H groups in total. The Kier molecular flexibility index (Phi) is 2.06. The number of hydrogen-bond donors (Lipinski definition) is 1. The van der Waals surface area contributed by atoms with Crippen molar-refractivity contribution in [2.75, 3.05) is 6.73 Å². The van der Waals surface area contributed by atoms with Gasteiger partial charge in [-0.05, 0) is 56.3 Å². The lowest BCUT2D eigenvalue weighted by molar-refractivity contribution is -0.171. The van der Waals surface area contributed by atoms with Gasteiger partial charge in [-0.25, -0.2) is 0 Å². The summed E-state index contributed by atoms with van der Waals surface area (Å²) in [6, 6.07) is 0. The second-order valence-corrected chi connectivity index (χ2v) is 5.80. The Balaban J connectivity index is 1.83. The van der Waals surface area contributed by atoms with Gasteiger partial charge in [0.2, 0.25) is 0 Å². The third kappa shape index (κ3) is 1.40. The summed E-state index contributed by atoms with van der Waals surface area (Å²) in [6.07, 6.45) is 7.27. The zero-order valence-electron chi connectivity index (χ0n) is 9.08. The molecule has 0 radical (unpaired) electrons. The van der Waals surface area contributed by atoms with E-state index in [2.05, 4.69) is 0 Å². The highest BCUT2D eigenvalue weighted by atomic mass is 16.5. The van der Waals surface area contributed by atoms with Crippen LogP contribution >= 0.6 is 0 Å². The smallest absolute Gasteiger partial charge is 0.313 e. The molecule has 4 rings (SSSR count). The van der Waals surface area contributed by atoms with Crippen LogP contribution in [-0.4, -0.2) is 12.7 Å². The maximum absolute atomic E-state index is 12.0. The molecule has 0 amide bonds. The van der Waals surface area contributed by atoms with E-state index in [0.29, 0.717) is 0 Å². The largest absolute Gasteiger partial charge is 0.450 e. The molecule has 4 aliphatic rings. The molecular formula is C12H19NO2. The number of nitrogens with two attached hydrogens (primary N) is 1. The molecule has 4 aliphatic carbocycles. The maximum Gasteiger partial charge on any atom is 0.313 e. The summed E-state index contributed by atoms with van der Waals surface area (Å²) in [7, 11) is 0. The number of rotatable bonds is 2. The first kappa shape index (κ1) is 9.64. The Morgan fingerprint density at radius 1 is 1.13 bits per heavy atom. The minimum Gasteiger partial charge on any atom is -0.450 e. The lowest BCUT2D eigenvalue weighted by Gasteiger charge is -2.55. The summed E-state index contributed by atoms with van der Waals surface area (Å²) in [4.78, 5) is 12.0. The van der Waals surface area contributed by atoms with E-state index in [-0.39, 0.29) is 18.1 Å². The van der Waals surface area contributed by atoms with Crippen molar-refractivity contribution in [2.45, 2.75) is 38.5 Å². The minimum atomic E-state index is -0.131. The first-order chi connectivity index (χ1) is 7.22. The van der Waals surface area contributed by atoms with Crippen molar-refractivity contribution in [3.05, 3.63) is 0 Å². The van der Waals surface area contributed by atoms with Crippen LogP contribution in [0.5, 0.6) is 0 Å². The molecule has 0 aromatic rings. The van der Waals surface area contributed by atoms with Crippen molar-refractivity contribution in [3.63, 3.8) is 0 Å². The van der Waals surface area contributed by atoms with Crippen LogP contribution < -0.4 is 5.73 Å². The summed E-state index contributed by atoms with van der Waals surface area (Å²) >= 11 is 0. The molecule has 4 bridgehead atoms. The molecule has 4 fully saturated rings. The van der Waals surface area contributed by atoms with Crippen LogP contribution in [0.15, 0.2) is 0 Å². The Hall–Kier alpha value is -0.570. The van der Waals surface area contributed by atoms with E-state index in [1.165, 1.54) is 19.3 Å². The summed E-state index contributed by atoms with van der Waals surface area (Å²) < 4.78 is 5.07. The van der Waals surface area contributed by atoms with Gasteiger partial charge in [0, 0.05) is 0 Å². The van der Waals surface area contributed by atoms with Gasteiger partial charge in [0.05, 0.1) is 5.41 Å². The van der Waals surface area contributed by atoms with Crippen molar-refractivity contribution >= 4 is 5.97 Å². The third-order valence-corrected chi connectivity index (χ3v) is 4.69. The number of carbonyl (C=O) groups is 1. The topological polar surface area (TPSA) is 52.3 Å². The van der Waals surface area contributed by atoms with Gasteiger partial charge in [0.1, 0.15) is 6.73 Å². The predicted octanol–water partition coefficient (Wildman–Crippen LogP) is 1.66. The van der Waals surface area contributed by atoms with Crippen molar-refractivity contribution in [1.29, 1.82) is 0 Å². The number of hydrogen-bond acceptors (Lipinski definition) is 3. The molecule has 0 atom stereocenters. The fraction of sp³-hybridized carbons (Fsp3) is 0.917. The summed E-state index contributed by atoms with van der Waals surface area (Å²) in [5, 5.41) is 0. The van der Waals surface area contributed by atoms with E-state index in [1.54, 1.807) is 0 Å². The second kappa shape index (κ2) is 3.21. The zero-order valence-corrected chi connectivity index (χ0v) is 9.08. The lowest BCUT2D eigenvalue weighted by Crippen LogP contribution is -2.50. The zero-order chi connectivity index (χ0) is 10.5. The van der Waals surface area contributed by atoms with E-state index in [0.717, 1.165) is 37.0 Å². The molecule has 3 heteroatoms. The van der Waals surface area contributed by atoms with Crippen molar-refractivity contribution in [1.82, 2.24) is 0 Å². The molecule has 0 saturated heterocycles. The van der Waals surface area contributed by atoms with Gasteiger partial charge in [-0.1, -0.05) is 0 Å². The third-order valence-electron chi connectivity index (χ3n) is 4.69. The van der Waals surface area contributed by atoms with Crippen LogP contribution in [0, 0.1) is 23.2 Å². The second-order valence-electron chi connectivity index (χ2n) is 5.80. The molecule has 0 heterocycles. The molecule has 0 aliphatic heterocycles. The summed E-state index contributed by atoms with van der Waals surface area (Å²) in [5.74, 6) is 2.37. The fourth-order valence-corrected chi connectivity index (χ4v) is 4.59. The molecule has 3 nitrogen and oxygen atoms in total. The van der Waals surface area contributed by atoms with Crippen LogP contribution in [0.1, 0.15) is 38.5 Å². The highest BCUT2D eigenvalue weighted by Gasteiger charge is 2.55. The number of ether oxygens (including phenoxy) is 1. The van der Waals surface area contributed by atoms with Gasteiger partial charge in [-0.2, -0.15) is 0 Å². The van der Waals surface area contributed by atoms with Gasteiger partial charge in [0.25, 0.3) is 0 Å². The minimum absolute atomic E-state index is 0.0101. The van der Waals surface area contributed by atoms with Crippen LogP contribution in [-0.2, 0) is 9.53 Å².